The van der Waals surface area contributed by atoms with E-state index in [1.807, 2.05) is 24.3 Å². The molecule has 2 aliphatic carbocycles. The van der Waals surface area contributed by atoms with E-state index in [2.05, 4.69) is 29.6 Å². The van der Waals surface area contributed by atoms with Gasteiger partial charge < -0.3 is 10.6 Å². The first-order chi connectivity index (χ1) is 18.3. The lowest BCUT2D eigenvalue weighted by Crippen LogP contribution is -2.51. The monoisotopic (exact) mass is 572 g/mol. The van der Waals surface area contributed by atoms with Crippen molar-refractivity contribution in [2.45, 2.75) is 52.0 Å². The van der Waals surface area contributed by atoms with E-state index in [1.165, 1.54) is 32.1 Å². The van der Waals surface area contributed by atoms with Gasteiger partial charge in [-0.2, -0.15) is 5.10 Å². The summed E-state index contributed by atoms with van der Waals surface area (Å²) in [6.45, 7) is 6.00. The molecule has 0 aliphatic heterocycles. The Morgan fingerprint density at radius 1 is 0.974 bits per heavy atom. The second-order valence-corrected chi connectivity index (χ2v) is 12.3. The van der Waals surface area contributed by atoms with Gasteiger partial charge in [-0.15, -0.1) is 0 Å². The first-order valence-electron chi connectivity index (χ1n) is 13.6. The van der Waals surface area contributed by atoms with Crippen molar-refractivity contribution in [3.63, 3.8) is 0 Å². The number of hydrogen-bond donors (Lipinski definition) is 2. The molecule has 3 aromatic rings. The van der Waals surface area contributed by atoms with Crippen molar-refractivity contribution >= 4 is 40.7 Å². The first-order valence-corrected chi connectivity index (χ1v) is 14.8. The molecular formula is C30H35Cl3N4O. The van der Waals surface area contributed by atoms with Gasteiger partial charge in [-0.25, -0.2) is 4.68 Å². The number of benzene rings is 2. The van der Waals surface area contributed by atoms with Gasteiger partial charge in [-0.05, 0) is 85.8 Å². The highest BCUT2D eigenvalue weighted by molar-refractivity contribution is 6.35. The Hall–Kier alpha value is -2.05. The van der Waals surface area contributed by atoms with Crippen LogP contribution in [-0.4, -0.2) is 34.8 Å². The number of aromatic nitrogens is 2. The van der Waals surface area contributed by atoms with Crippen LogP contribution >= 0.6 is 34.8 Å². The van der Waals surface area contributed by atoms with Crippen molar-refractivity contribution in [1.82, 2.24) is 20.4 Å². The Morgan fingerprint density at radius 3 is 2.47 bits per heavy atom. The lowest BCUT2D eigenvalue weighted by atomic mass is 9.62. The first kappa shape index (κ1) is 27.5. The fraction of sp³-hybridized carbons (Fsp3) is 0.467. The van der Waals surface area contributed by atoms with E-state index in [0.29, 0.717) is 39.0 Å². The minimum absolute atomic E-state index is 0.215. The van der Waals surface area contributed by atoms with Crippen LogP contribution in [-0.2, 0) is 0 Å². The zero-order valence-electron chi connectivity index (χ0n) is 21.9. The van der Waals surface area contributed by atoms with Crippen molar-refractivity contribution in [1.29, 1.82) is 0 Å². The molecule has 2 aromatic carbocycles. The maximum absolute atomic E-state index is 13.2. The van der Waals surface area contributed by atoms with Crippen LogP contribution in [0.3, 0.4) is 0 Å². The molecule has 1 aromatic heterocycles. The Morgan fingerprint density at radius 2 is 1.74 bits per heavy atom. The summed E-state index contributed by atoms with van der Waals surface area (Å²) in [6, 6.07) is 15.0. The molecule has 2 N–H and O–H groups in total. The molecule has 2 saturated carbocycles. The van der Waals surface area contributed by atoms with Gasteiger partial charge in [0, 0.05) is 34.7 Å². The number of carbonyl (C=O) groups is 1. The molecule has 0 radical (unpaired) electrons. The topological polar surface area (TPSA) is 58.9 Å². The van der Waals surface area contributed by atoms with Crippen molar-refractivity contribution in [3.8, 4) is 16.9 Å². The number of carbonyl (C=O) groups excluding carboxylic acids is 1. The van der Waals surface area contributed by atoms with Crippen LogP contribution in [0.2, 0.25) is 15.1 Å². The molecule has 1 amide bonds. The van der Waals surface area contributed by atoms with Gasteiger partial charge in [0.25, 0.3) is 5.91 Å². The van der Waals surface area contributed by atoms with E-state index < -0.39 is 0 Å². The van der Waals surface area contributed by atoms with Gasteiger partial charge >= 0.3 is 0 Å². The van der Waals surface area contributed by atoms with Crippen molar-refractivity contribution < 1.29 is 4.79 Å². The molecule has 202 valence electrons. The fourth-order valence-electron chi connectivity index (χ4n) is 6.66. The summed E-state index contributed by atoms with van der Waals surface area (Å²) in [7, 11) is 0. The normalized spacial score (nSPS) is 24.8. The summed E-state index contributed by atoms with van der Waals surface area (Å²) in [6.07, 6.45) is 6.60. The average Bonchev–Trinajstić information content (AvgIpc) is 3.32. The highest BCUT2D eigenvalue weighted by Gasteiger charge is 2.40. The highest BCUT2D eigenvalue weighted by Crippen LogP contribution is 2.45. The van der Waals surface area contributed by atoms with Gasteiger partial charge in [0.1, 0.15) is 0 Å². The Labute approximate surface area is 240 Å². The molecule has 0 spiro atoms. The second-order valence-electron chi connectivity index (χ2n) is 11.0. The quantitative estimate of drug-likeness (QED) is 0.272. The van der Waals surface area contributed by atoms with E-state index in [4.69, 9.17) is 34.8 Å². The third-order valence-corrected chi connectivity index (χ3v) is 9.05. The van der Waals surface area contributed by atoms with E-state index in [9.17, 15) is 4.79 Å². The van der Waals surface area contributed by atoms with Gasteiger partial charge in [-0.3, -0.25) is 4.79 Å². The molecule has 5 nitrogen and oxygen atoms in total. The van der Waals surface area contributed by atoms with E-state index in [-0.39, 0.29) is 5.91 Å². The summed E-state index contributed by atoms with van der Waals surface area (Å²) in [4.78, 5) is 13.2. The molecule has 2 fully saturated rings. The molecule has 2 bridgehead atoms. The lowest BCUT2D eigenvalue weighted by molar-refractivity contribution is 0.0612. The Bertz CT molecular complexity index is 1270. The zero-order chi connectivity index (χ0) is 26.8. The summed E-state index contributed by atoms with van der Waals surface area (Å²) in [5.74, 6) is 2.97. The van der Waals surface area contributed by atoms with Gasteiger partial charge in [-0.1, -0.05) is 67.2 Å². The molecule has 2 aliphatic rings. The third-order valence-electron chi connectivity index (χ3n) is 8.26. The minimum atomic E-state index is -0.215. The number of hydrogen-bond acceptors (Lipinski definition) is 3. The molecule has 38 heavy (non-hydrogen) atoms. The molecule has 5 unspecified atom stereocenters. The summed E-state index contributed by atoms with van der Waals surface area (Å²) < 4.78 is 1.68. The van der Waals surface area contributed by atoms with Gasteiger partial charge in [0.05, 0.1) is 16.4 Å². The number of halogens is 3. The van der Waals surface area contributed by atoms with E-state index in [1.54, 1.807) is 28.9 Å². The summed E-state index contributed by atoms with van der Waals surface area (Å²) >= 11 is 18.7. The van der Waals surface area contributed by atoms with Crippen LogP contribution in [0.15, 0.2) is 48.5 Å². The lowest BCUT2D eigenvalue weighted by Gasteiger charge is -2.47. The summed E-state index contributed by atoms with van der Waals surface area (Å²) in [5, 5.41) is 13.1. The minimum Gasteiger partial charge on any atom is -0.349 e. The van der Waals surface area contributed by atoms with Crippen LogP contribution in [0.1, 0.15) is 56.4 Å². The molecule has 1 heterocycles. The van der Waals surface area contributed by atoms with Gasteiger partial charge in [0.15, 0.2) is 5.69 Å². The van der Waals surface area contributed by atoms with Crippen molar-refractivity contribution in [2.75, 3.05) is 13.1 Å². The van der Waals surface area contributed by atoms with E-state index in [0.717, 1.165) is 41.5 Å². The Balaban J connectivity index is 1.28. The standard InChI is InChI=1S/C30H35Cl3N4O/c1-3-20-14-19-12-18(2)13-22(15-19)29(20)34-10-11-35-30(38)26-17-28(21-4-6-23(31)7-5-21)37(36-26)27-9-8-24(32)16-25(27)33/h4-9,16-20,22,29,34H,3,10-15H2,1-2H3,(H,35,38). The fourth-order valence-corrected chi connectivity index (χ4v) is 7.28. The van der Waals surface area contributed by atoms with Crippen molar-refractivity contribution in [3.05, 3.63) is 69.3 Å². The smallest absolute Gasteiger partial charge is 0.271 e. The predicted molar refractivity (Wildman–Crippen MR) is 157 cm³/mol. The largest absolute Gasteiger partial charge is 0.349 e. The molecule has 5 rings (SSSR count). The maximum atomic E-state index is 13.2. The van der Waals surface area contributed by atoms with Crippen LogP contribution in [0.25, 0.3) is 16.9 Å². The maximum Gasteiger partial charge on any atom is 0.271 e. The van der Waals surface area contributed by atoms with Crippen LogP contribution < -0.4 is 10.6 Å². The average molecular weight is 574 g/mol. The predicted octanol–water partition coefficient (Wildman–Crippen LogP) is 7.67. The summed E-state index contributed by atoms with van der Waals surface area (Å²) in [5.41, 5.74) is 2.58. The Kier molecular flexibility index (Phi) is 8.69. The molecular weight excluding hydrogens is 539 g/mol. The number of nitrogens with one attached hydrogen (secondary N) is 2. The molecule has 0 saturated heterocycles. The van der Waals surface area contributed by atoms with Crippen LogP contribution in [0, 0.1) is 23.7 Å². The van der Waals surface area contributed by atoms with Crippen molar-refractivity contribution in [2.24, 2.45) is 23.7 Å². The van der Waals surface area contributed by atoms with Crippen LogP contribution in [0.5, 0.6) is 0 Å². The number of amides is 1. The molecule has 8 heteroatoms. The second kappa shape index (κ2) is 12.0. The van der Waals surface area contributed by atoms with Crippen LogP contribution in [0.4, 0.5) is 0 Å². The highest BCUT2D eigenvalue weighted by atomic mass is 35.5. The number of rotatable bonds is 8. The number of nitrogens with zero attached hydrogens (tertiary/aromatic N) is 2. The molecule has 5 atom stereocenters. The SMILES string of the molecule is CCC1CC2CC(C)CC(C2)C1NCCNC(=O)c1cc(-c2ccc(Cl)cc2)n(-c2ccc(Cl)cc2Cl)n1. The number of fused-ring (bicyclic) bond motifs is 2. The van der Waals surface area contributed by atoms with Gasteiger partial charge in [0.2, 0.25) is 0 Å². The zero-order valence-corrected chi connectivity index (χ0v) is 24.2. The third kappa shape index (κ3) is 6.07. The van der Waals surface area contributed by atoms with E-state index >= 15 is 0 Å².